The normalized spacial score (nSPS) is 11.4. The Morgan fingerprint density at radius 2 is 1.90 bits per heavy atom. The molecule has 0 aliphatic carbocycles. The highest BCUT2D eigenvalue weighted by atomic mass is 19.4. The van der Waals surface area contributed by atoms with Crippen molar-refractivity contribution in [1.29, 1.82) is 0 Å². The molecule has 2 aromatic rings. The van der Waals surface area contributed by atoms with Crippen molar-refractivity contribution in [1.82, 2.24) is 9.78 Å². The van der Waals surface area contributed by atoms with Gasteiger partial charge >= 0.3 is 12.1 Å². The third-order valence-corrected chi connectivity index (χ3v) is 2.60. The quantitative estimate of drug-likeness (QED) is 0.678. The van der Waals surface area contributed by atoms with Crippen LogP contribution in [0, 0.1) is 0 Å². The number of benzene rings is 1. The summed E-state index contributed by atoms with van der Waals surface area (Å²) in [5.41, 5.74) is 4.82. The van der Waals surface area contributed by atoms with Gasteiger partial charge in [-0.2, -0.15) is 18.3 Å². The molecule has 0 aliphatic rings. The zero-order valence-corrected chi connectivity index (χ0v) is 10.3. The molecule has 1 heterocycles. The van der Waals surface area contributed by atoms with Crippen LogP contribution < -0.4 is 10.5 Å². The molecule has 0 saturated carbocycles. The second-order valence-corrected chi connectivity index (χ2v) is 3.98. The van der Waals surface area contributed by atoms with Gasteiger partial charge in [0.25, 0.3) is 0 Å². The third kappa shape index (κ3) is 2.73. The first kappa shape index (κ1) is 13.9. The van der Waals surface area contributed by atoms with Gasteiger partial charge < -0.3 is 10.5 Å². The van der Waals surface area contributed by atoms with Gasteiger partial charge in [0.1, 0.15) is 17.1 Å². The zero-order valence-electron chi connectivity index (χ0n) is 10.3. The lowest BCUT2D eigenvalue weighted by Gasteiger charge is -2.08. The molecule has 0 fully saturated rings. The first-order valence-corrected chi connectivity index (χ1v) is 5.46. The van der Waals surface area contributed by atoms with Crippen LogP contribution in [0.4, 0.5) is 19.0 Å². The summed E-state index contributed by atoms with van der Waals surface area (Å²) >= 11 is 0. The monoisotopic (exact) mass is 285 g/mol. The lowest BCUT2D eigenvalue weighted by Crippen LogP contribution is -2.11. The van der Waals surface area contributed by atoms with E-state index in [1.54, 1.807) is 7.05 Å². The molecule has 8 heteroatoms. The number of nitrogens with two attached hydrogens (primary N) is 1. The number of hydrogen-bond acceptors (Lipinski definition) is 4. The summed E-state index contributed by atoms with van der Waals surface area (Å²) < 4.78 is 43.3. The van der Waals surface area contributed by atoms with Gasteiger partial charge in [-0.3, -0.25) is 4.68 Å². The number of carbonyl (C=O) groups excluding carboxylic acids is 1. The molecule has 0 unspecified atom stereocenters. The minimum atomic E-state index is -4.43. The standard InChI is InChI=1S/C12H10F3N3O2/c1-18-10(16)9(6-17-18)11(19)20-8-4-2-7(3-5-8)12(13,14)15/h2-6H,16H2,1H3. The summed E-state index contributed by atoms with van der Waals surface area (Å²) in [4.78, 5) is 11.8. The van der Waals surface area contributed by atoms with Crippen molar-refractivity contribution >= 4 is 11.8 Å². The van der Waals surface area contributed by atoms with Gasteiger partial charge in [-0.05, 0) is 24.3 Å². The smallest absolute Gasteiger partial charge is 0.416 e. The maximum Gasteiger partial charge on any atom is 0.416 e. The Kier molecular flexibility index (Phi) is 3.39. The van der Waals surface area contributed by atoms with Crippen molar-refractivity contribution in [2.45, 2.75) is 6.18 Å². The molecule has 2 N–H and O–H groups in total. The van der Waals surface area contributed by atoms with Crippen LogP contribution in [-0.4, -0.2) is 15.7 Å². The van der Waals surface area contributed by atoms with Crippen LogP contribution in [0.3, 0.4) is 0 Å². The molecule has 5 nitrogen and oxygen atoms in total. The molecule has 20 heavy (non-hydrogen) atoms. The van der Waals surface area contributed by atoms with Gasteiger partial charge in [0.15, 0.2) is 0 Å². The molecule has 1 aromatic heterocycles. The fraction of sp³-hybridized carbons (Fsp3) is 0.167. The first-order chi connectivity index (χ1) is 9.29. The van der Waals surface area contributed by atoms with E-state index in [1.165, 1.54) is 10.9 Å². The van der Waals surface area contributed by atoms with E-state index < -0.39 is 17.7 Å². The molecule has 0 radical (unpaired) electrons. The summed E-state index contributed by atoms with van der Waals surface area (Å²) in [5.74, 6) is -0.677. The number of aryl methyl sites for hydroxylation is 1. The number of carbonyl (C=O) groups is 1. The topological polar surface area (TPSA) is 70.1 Å². The van der Waals surface area contributed by atoms with Crippen LogP contribution in [0.5, 0.6) is 5.75 Å². The van der Waals surface area contributed by atoms with E-state index in [1.807, 2.05) is 0 Å². The number of aromatic nitrogens is 2. The molecule has 2 rings (SSSR count). The van der Waals surface area contributed by atoms with Crippen LogP contribution in [0.2, 0.25) is 0 Å². The maximum atomic E-state index is 12.4. The molecule has 0 atom stereocenters. The van der Waals surface area contributed by atoms with E-state index >= 15 is 0 Å². The molecule has 0 amide bonds. The van der Waals surface area contributed by atoms with E-state index in [0.717, 1.165) is 24.3 Å². The van der Waals surface area contributed by atoms with Crippen molar-refractivity contribution in [3.63, 3.8) is 0 Å². The Bertz CT molecular complexity index is 632. The number of hydrogen-bond donors (Lipinski definition) is 1. The van der Waals surface area contributed by atoms with Crippen LogP contribution in [0.15, 0.2) is 30.5 Å². The molecular weight excluding hydrogens is 275 g/mol. The van der Waals surface area contributed by atoms with E-state index in [4.69, 9.17) is 10.5 Å². The summed E-state index contributed by atoms with van der Waals surface area (Å²) in [5, 5.41) is 3.77. The first-order valence-electron chi connectivity index (χ1n) is 5.46. The fourth-order valence-corrected chi connectivity index (χ4v) is 1.48. The summed E-state index contributed by atoms with van der Waals surface area (Å²) in [6.45, 7) is 0. The summed E-state index contributed by atoms with van der Waals surface area (Å²) in [7, 11) is 1.55. The van der Waals surface area contributed by atoms with Crippen molar-refractivity contribution in [3.8, 4) is 5.75 Å². The van der Waals surface area contributed by atoms with Gasteiger partial charge in [-0.1, -0.05) is 0 Å². The van der Waals surface area contributed by atoms with Crippen LogP contribution in [0.25, 0.3) is 0 Å². The lowest BCUT2D eigenvalue weighted by molar-refractivity contribution is -0.137. The lowest BCUT2D eigenvalue weighted by atomic mass is 10.2. The minimum absolute atomic E-state index is 0.00810. The van der Waals surface area contributed by atoms with Crippen LogP contribution in [0.1, 0.15) is 15.9 Å². The number of ether oxygens (including phenoxy) is 1. The zero-order chi connectivity index (χ0) is 14.9. The Morgan fingerprint density at radius 3 is 2.35 bits per heavy atom. The van der Waals surface area contributed by atoms with E-state index in [0.29, 0.717) is 0 Å². The van der Waals surface area contributed by atoms with Crippen molar-refractivity contribution in [2.24, 2.45) is 7.05 Å². The number of rotatable bonds is 2. The predicted octanol–water partition coefficient (Wildman–Crippen LogP) is 2.24. The Hall–Kier alpha value is -2.51. The molecule has 0 spiro atoms. The number of nitrogens with zero attached hydrogens (tertiary/aromatic N) is 2. The van der Waals surface area contributed by atoms with Crippen molar-refractivity contribution in [3.05, 3.63) is 41.6 Å². The SMILES string of the molecule is Cn1ncc(C(=O)Oc2ccc(C(F)(F)F)cc2)c1N. The second-order valence-electron chi connectivity index (χ2n) is 3.98. The predicted molar refractivity (Wildman–Crippen MR) is 64.0 cm³/mol. The Balaban J connectivity index is 2.15. The highest BCUT2D eigenvalue weighted by Gasteiger charge is 2.30. The third-order valence-electron chi connectivity index (χ3n) is 2.60. The number of esters is 1. The van der Waals surface area contributed by atoms with Crippen molar-refractivity contribution in [2.75, 3.05) is 5.73 Å². The molecule has 0 bridgehead atoms. The number of nitrogen functional groups attached to an aromatic ring is 1. The summed E-state index contributed by atoms with van der Waals surface area (Å²) in [6, 6.07) is 3.78. The summed E-state index contributed by atoms with van der Waals surface area (Å²) in [6.07, 6.45) is -3.21. The van der Waals surface area contributed by atoms with E-state index in [2.05, 4.69) is 5.10 Å². The van der Waals surface area contributed by atoms with Gasteiger partial charge in [0, 0.05) is 7.05 Å². The molecular formula is C12H10F3N3O2. The maximum absolute atomic E-state index is 12.4. The molecule has 0 saturated heterocycles. The average molecular weight is 285 g/mol. The average Bonchev–Trinajstić information content (AvgIpc) is 2.69. The largest absolute Gasteiger partial charge is 0.423 e. The van der Waals surface area contributed by atoms with Crippen LogP contribution in [-0.2, 0) is 13.2 Å². The van der Waals surface area contributed by atoms with Gasteiger partial charge in [0.2, 0.25) is 0 Å². The highest BCUT2D eigenvalue weighted by Crippen LogP contribution is 2.30. The molecule has 106 valence electrons. The second kappa shape index (κ2) is 4.87. The number of halogens is 3. The van der Waals surface area contributed by atoms with Crippen LogP contribution >= 0.6 is 0 Å². The fourth-order valence-electron chi connectivity index (χ4n) is 1.48. The van der Waals surface area contributed by atoms with E-state index in [-0.39, 0.29) is 17.1 Å². The van der Waals surface area contributed by atoms with Gasteiger partial charge in [-0.25, -0.2) is 4.79 Å². The Labute approximate surface area is 111 Å². The molecule has 0 aliphatic heterocycles. The van der Waals surface area contributed by atoms with Gasteiger partial charge in [0.05, 0.1) is 11.8 Å². The van der Waals surface area contributed by atoms with E-state index in [9.17, 15) is 18.0 Å². The van der Waals surface area contributed by atoms with Crippen molar-refractivity contribution < 1.29 is 22.7 Å². The minimum Gasteiger partial charge on any atom is -0.423 e. The number of alkyl halides is 3. The highest BCUT2D eigenvalue weighted by molar-refractivity contribution is 5.95. The molecule has 1 aromatic carbocycles. The van der Waals surface area contributed by atoms with Gasteiger partial charge in [-0.15, -0.1) is 0 Å². The number of anilines is 1. The Morgan fingerprint density at radius 1 is 1.30 bits per heavy atom.